The van der Waals surface area contributed by atoms with Gasteiger partial charge in [-0.25, -0.2) is 0 Å². The number of carbonyl (C=O) groups is 1. The molecule has 0 radical (unpaired) electrons. The molecule has 0 spiro atoms. The van der Waals surface area contributed by atoms with Gasteiger partial charge in [0.15, 0.2) is 5.81 Å². The van der Waals surface area contributed by atoms with Gasteiger partial charge in [0.05, 0.1) is 0 Å². The summed E-state index contributed by atoms with van der Waals surface area (Å²) in [7, 11) is 1.64. The number of nitrogens with zero attached hydrogens (tertiary/aromatic N) is 1. The number of rotatable bonds is 1. The second-order valence-corrected chi connectivity index (χ2v) is 5.22. The highest BCUT2D eigenvalue weighted by Crippen LogP contribution is 2.31. The Bertz CT molecular complexity index is 427. The van der Waals surface area contributed by atoms with Crippen LogP contribution in [0.15, 0.2) is 18.2 Å². The van der Waals surface area contributed by atoms with Crippen molar-refractivity contribution in [3.63, 3.8) is 0 Å². The number of hydrogen-bond acceptors (Lipinski definition) is 1. The predicted octanol–water partition coefficient (Wildman–Crippen LogP) is 2.58. The van der Waals surface area contributed by atoms with Crippen LogP contribution >= 0.6 is 11.6 Å². The zero-order valence-corrected chi connectivity index (χ0v) is 11.1. The Balaban J connectivity index is 2.10. The van der Waals surface area contributed by atoms with E-state index in [0.29, 0.717) is 5.92 Å². The summed E-state index contributed by atoms with van der Waals surface area (Å²) in [6.07, 6.45) is 2.08. The Kier molecular flexibility index (Phi) is 3.77. The molecule has 0 unspecified atom stereocenters. The molecule has 1 heterocycles. The molecule has 1 aromatic carbocycles. The molecule has 17 heavy (non-hydrogen) atoms. The molecule has 0 atom stereocenters. The lowest BCUT2D eigenvalue weighted by atomic mass is 9.86. The Morgan fingerprint density at radius 2 is 2.06 bits per heavy atom. The fourth-order valence-corrected chi connectivity index (χ4v) is 2.74. The van der Waals surface area contributed by atoms with E-state index in [-0.39, 0.29) is 5.81 Å². The van der Waals surface area contributed by atoms with Crippen molar-refractivity contribution in [2.75, 3.05) is 13.1 Å². The Hall–Kier alpha value is -0.955. The van der Waals surface area contributed by atoms with Crippen LogP contribution in [0, 0.1) is 6.92 Å². The minimum absolute atomic E-state index is 0.186. The van der Waals surface area contributed by atoms with Crippen LogP contribution in [0.4, 0.5) is 4.79 Å². The summed E-state index contributed by atoms with van der Waals surface area (Å²) in [4.78, 5) is 13.2. The smallest absolute Gasteiger partial charge is 0.215 e. The highest BCUT2D eigenvalue weighted by molar-refractivity contribution is 6.56. The number of benzene rings is 1. The van der Waals surface area contributed by atoms with Crippen molar-refractivity contribution < 1.29 is 4.79 Å². The van der Waals surface area contributed by atoms with Crippen molar-refractivity contribution in [3.8, 4) is 0 Å². The lowest BCUT2D eigenvalue weighted by Gasteiger charge is -2.32. The van der Waals surface area contributed by atoms with Crippen molar-refractivity contribution in [3.05, 3.63) is 34.3 Å². The number of piperidine rings is 1. The summed E-state index contributed by atoms with van der Waals surface area (Å²) in [6.45, 7) is 3.86. The second kappa shape index (κ2) is 5.13. The van der Waals surface area contributed by atoms with Gasteiger partial charge in [-0.15, -0.1) is 0 Å². The Morgan fingerprint density at radius 3 is 2.65 bits per heavy atom. The van der Waals surface area contributed by atoms with Crippen LogP contribution in [0.25, 0.3) is 0 Å². The van der Waals surface area contributed by atoms with Gasteiger partial charge in [0.2, 0.25) is 7.85 Å². The van der Waals surface area contributed by atoms with Gasteiger partial charge in [0.1, 0.15) is 0 Å². The summed E-state index contributed by atoms with van der Waals surface area (Å²) in [6, 6.07) is 6.09. The van der Waals surface area contributed by atoms with Crippen LogP contribution in [0.3, 0.4) is 0 Å². The maximum Gasteiger partial charge on any atom is 0.215 e. The van der Waals surface area contributed by atoms with Gasteiger partial charge >= 0.3 is 0 Å². The normalized spacial score (nSPS) is 17.2. The third-order valence-electron chi connectivity index (χ3n) is 3.62. The molecule has 90 valence electrons. The molecule has 1 aromatic rings. The highest BCUT2D eigenvalue weighted by Gasteiger charge is 2.22. The summed E-state index contributed by atoms with van der Waals surface area (Å²) < 4.78 is 0. The first-order chi connectivity index (χ1) is 8.08. The van der Waals surface area contributed by atoms with E-state index < -0.39 is 0 Å². The maximum absolute atomic E-state index is 11.3. The van der Waals surface area contributed by atoms with E-state index in [1.165, 1.54) is 11.1 Å². The monoisotopic (exact) mass is 249 g/mol. The first kappa shape index (κ1) is 12.5. The first-order valence-electron chi connectivity index (χ1n) is 6.09. The third-order valence-corrected chi connectivity index (χ3v) is 3.86. The molecule has 2 nitrogen and oxygen atoms in total. The molecule has 1 fully saturated rings. The molecule has 2 rings (SSSR count). The predicted molar refractivity (Wildman–Crippen MR) is 73.7 cm³/mol. The molecule has 1 saturated heterocycles. The minimum Gasteiger partial charge on any atom is -0.352 e. The van der Waals surface area contributed by atoms with Gasteiger partial charge in [-0.3, -0.25) is 4.79 Å². The van der Waals surface area contributed by atoms with E-state index in [2.05, 4.69) is 19.1 Å². The lowest BCUT2D eigenvalue weighted by Crippen LogP contribution is -2.37. The van der Waals surface area contributed by atoms with E-state index in [9.17, 15) is 4.79 Å². The fourth-order valence-electron chi connectivity index (χ4n) is 2.56. The second-order valence-electron chi connectivity index (χ2n) is 4.78. The van der Waals surface area contributed by atoms with Gasteiger partial charge in [0.25, 0.3) is 0 Å². The molecule has 0 aliphatic carbocycles. The van der Waals surface area contributed by atoms with Gasteiger partial charge in [-0.2, -0.15) is 0 Å². The number of likely N-dealkylation sites (tertiary alicyclic amines) is 1. The van der Waals surface area contributed by atoms with Crippen LogP contribution in [0.2, 0.25) is 5.02 Å². The summed E-state index contributed by atoms with van der Waals surface area (Å²) >= 11 is 6.05. The van der Waals surface area contributed by atoms with Crippen LogP contribution in [0.5, 0.6) is 0 Å². The molecule has 0 bridgehead atoms. The largest absolute Gasteiger partial charge is 0.352 e. The van der Waals surface area contributed by atoms with Crippen LogP contribution in [-0.2, 0) is 0 Å². The van der Waals surface area contributed by atoms with E-state index in [1.54, 1.807) is 7.85 Å². The minimum atomic E-state index is 0.186. The van der Waals surface area contributed by atoms with Crippen LogP contribution < -0.4 is 0 Å². The molecule has 4 heteroatoms. The Labute approximate surface area is 108 Å². The van der Waals surface area contributed by atoms with E-state index in [4.69, 9.17) is 11.6 Å². The lowest BCUT2D eigenvalue weighted by molar-refractivity contribution is 0.204. The summed E-state index contributed by atoms with van der Waals surface area (Å²) in [5.41, 5.74) is 2.65. The molecular weight excluding hydrogens is 232 g/mol. The number of aryl methyl sites for hydroxylation is 1. The van der Waals surface area contributed by atoms with Crippen molar-refractivity contribution in [2.24, 2.45) is 0 Å². The van der Waals surface area contributed by atoms with E-state index >= 15 is 0 Å². The molecule has 1 aliphatic rings. The van der Waals surface area contributed by atoms with Crippen LogP contribution in [0.1, 0.15) is 29.9 Å². The number of hydrogen-bond donors (Lipinski definition) is 0. The first-order valence-corrected chi connectivity index (χ1v) is 6.47. The zero-order valence-electron chi connectivity index (χ0n) is 10.4. The van der Waals surface area contributed by atoms with Crippen LogP contribution in [-0.4, -0.2) is 31.6 Å². The Morgan fingerprint density at radius 1 is 1.41 bits per heavy atom. The van der Waals surface area contributed by atoms with Gasteiger partial charge < -0.3 is 4.90 Å². The molecule has 0 aromatic heterocycles. The molecule has 0 saturated carbocycles. The summed E-state index contributed by atoms with van der Waals surface area (Å²) in [5, 5.41) is 0.805. The van der Waals surface area contributed by atoms with Crippen molar-refractivity contribution >= 4 is 25.3 Å². The molecule has 1 amide bonds. The SMILES string of the molecule is BC(=O)N1CCC(c2cc(Cl)ccc2C)CC1. The van der Waals surface area contributed by atoms with Crippen molar-refractivity contribution in [1.29, 1.82) is 0 Å². The molecule has 0 N–H and O–H groups in total. The zero-order chi connectivity index (χ0) is 12.4. The van der Waals surface area contributed by atoms with Gasteiger partial charge in [-0.1, -0.05) is 17.7 Å². The standard InChI is InChI=1S/C13H17BClNO/c1-9-2-3-11(15)8-12(9)10-4-6-16(7-5-10)13(14)17/h2-3,8,10H,4-7,14H2,1H3. The topological polar surface area (TPSA) is 20.3 Å². The fraction of sp³-hybridized carbons (Fsp3) is 0.462. The van der Waals surface area contributed by atoms with Gasteiger partial charge in [0, 0.05) is 18.1 Å². The summed E-state index contributed by atoms with van der Waals surface area (Å²) in [5.74, 6) is 0.732. The van der Waals surface area contributed by atoms with Gasteiger partial charge in [-0.05, 0) is 48.9 Å². The highest BCUT2D eigenvalue weighted by atomic mass is 35.5. The van der Waals surface area contributed by atoms with Crippen molar-refractivity contribution in [1.82, 2.24) is 4.90 Å². The number of halogens is 1. The average Bonchev–Trinajstić information content (AvgIpc) is 2.32. The molecular formula is C13H17BClNO. The van der Waals surface area contributed by atoms with E-state index in [1.807, 2.05) is 11.0 Å². The van der Waals surface area contributed by atoms with E-state index in [0.717, 1.165) is 31.0 Å². The maximum atomic E-state index is 11.3. The third kappa shape index (κ3) is 2.84. The number of carbonyl (C=O) groups excluding carboxylic acids is 1. The average molecular weight is 250 g/mol. The van der Waals surface area contributed by atoms with Crippen molar-refractivity contribution in [2.45, 2.75) is 25.7 Å². The quantitative estimate of drug-likeness (QED) is 0.701. The molecule has 1 aliphatic heterocycles. The number of amides is 1.